The van der Waals surface area contributed by atoms with Crippen LogP contribution in [0.1, 0.15) is 29.9 Å². The van der Waals surface area contributed by atoms with Crippen molar-refractivity contribution in [2.24, 2.45) is 0 Å². The van der Waals surface area contributed by atoms with Crippen molar-refractivity contribution in [3.8, 4) is 0 Å². The number of anilines is 1. The summed E-state index contributed by atoms with van der Waals surface area (Å²) in [4.78, 5) is 15.1. The molecule has 4 heterocycles. The van der Waals surface area contributed by atoms with Crippen molar-refractivity contribution in [1.29, 1.82) is 0 Å². The van der Waals surface area contributed by atoms with Crippen molar-refractivity contribution in [1.82, 2.24) is 19.9 Å². The summed E-state index contributed by atoms with van der Waals surface area (Å²) in [7, 11) is 2.20. The molecule has 0 radical (unpaired) electrons. The third-order valence-corrected chi connectivity index (χ3v) is 5.85. The quantitative estimate of drug-likeness (QED) is 0.553. The standard InChI is InChI=1S/C23H25N5/c1-28-11-8-17(9-12-28)19-15-25-21-6-7-22(27-23(19)21)26-14-16-4-5-20-18(13-16)3-2-10-24-20/h2-7,10,13,15,17,25H,8-9,11-12,14H2,1H3,(H,26,27). The molecule has 142 valence electrons. The summed E-state index contributed by atoms with van der Waals surface area (Å²) in [6.07, 6.45) is 6.40. The van der Waals surface area contributed by atoms with Gasteiger partial charge in [0, 0.05) is 24.3 Å². The van der Waals surface area contributed by atoms with Gasteiger partial charge in [-0.05, 0) is 80.4 Å². The van der Waals surface area contributed by atoms with Crippen LogP contribution in [0.4, 0.5) is 5.82 Å². The van der Waals surface area contributed by atoms with E-state index in [9.17, 15) is 0 Å². The lowest BCUT2D eigenvalue weighted by Gasteiger charge is -2.28. The van der Waals surface area contributed by atoms with E-state index in [0.717, 1.165) is 42.0 Å². The van der Waals surface area contributed by atoms with Gasteiger partial charge in [-0.1, -0.05) is 12.1 Å². The van der Waals surface area contributed by atoms with Crippen LogP contribution in [0.5, 0.6) is 0 Å². The molecule has 0 saturated carbocycles. The highest BCUT2D eigenvalue weighted by molar-refractivity contribution is 5.81. The van der Waals surface area contributed by atoms with Crippen molar-refractivity contribution < 1.29 is 0 Å². The lowest BCUT2D eigenvalue weighted by Crippen LogP contribution is -2.29. The summed E-state index contributed by atoms with van der Waals surface area (Å²) in [6.45, 7) is 3.07. The topological polar surface area (TPSA) is 56.8 Å². The number of pyridine rings is 2. The summed E-state index contributed by atoms with van der Waals surface area (Å²) in [6, 6.07) is 14.7. The predicted molar refractivity (Wildman–Crippen MR) is 115 cm³/mol. The smallest absolute Gasteiger partial charge is 0.127 e. The van der Waals surface area contributed by atoms with Gasteiger partial charge in [-0.2, -0.15) is 0 Å². The molecule has 5 nitrogen and oxygen atoms in total. The Bertz CT molecular complexity index is 1110. The van der Waals surface area contributed by atoms with Crippen LogP contribution in [0.25, 0.3) is 21.9 Å². The Morgan fingerprint density at radius 2 is 2.04 bits per heavy atom. The zero-order valence-corrected chi connectivity index (χ0v) is 16.2. The maximum atomic E-state index is 4.94. The maximum Gasteiger partial charge on any atom is 0.127 e. The van der Waals surface area contributed by atoms with Crippen LogP contribution in [0, 0.1) is 0 Å². The average Bonchev–Trinajstić information content (AvgIpc) is 3.16. The third kappa shape index (κ3) is 3.34. The highest BCUT2D eigenvalue weighted by Gasteiger charge is 2.21. The molecule has 2 N–H and O–H groups in total. The molecule has 1 saturated heterocycles. The zero-order valence-electron chi connectivity index (χ0n) is 16.2. The average molecular weight is 371 g/mol. The number of aromatic nitrogens is 3. The fourth-order valence-corrected chi connectivity index (χ4v) is 4.18. The summed E-state index contributed by atoms with van der Waals surface area (Å²) >= 11 is 0. The molecule has 0 unspecified atom stereocenters. The van der Waals surface area contributed by atoms with Gasteiger partial charge in [-0.15, -0.1) is 0 Å². The van der Waals surface area contributed by atoms with Gasteiger partial charge >= 0.3 is 0 Å². The Morgan fingerprint density at radius 1 is 1.14 bits per heavy atom. The highest BCUT2D eigenvalue weighted by atomic mass is 15.1. The van der Waals surface area contributed by atoms with Crippen LogP contribution in [-0.4, -0.2) is 40.0 Å². The van der Waals surface area contributed by atoms with E-state index in [1.165, 1.54) is 29.4 Å². The van der Waals surface area contributed by atoms with E-state index >= 15 is 0 Å². The molecular formula is C23H25N5. The van der Waals surface area contributed by atoms with Crippen molar-refractivity contribution >= 4 is 27.8 Å². The molecule has 3 aromatic heterocycles. The number of benzene rings is 1. The molecule has 1 aliphatic rings. The van der Waals surface area contributed by atoms with Crippen molar-refractivity contribution in [3.63, 3.8) is 0 Å². The van der Waals surface area contributed by atoms with E-state index in [2.05, 4.69) is 69.8 Å². The molecule has 0 spiro atoms. The van der Waals surface area contributed by atoms with E-state index in [-0.39, 0.29) is 0 Å². The van der Waals surface area contributed by atoms with Crippen molar-refractivity contribution in [2.45, 2.75) is 25.3 Å². The predicted octanol–water partition coefficient (Wildman–Crippen LogP) is 4.53. The van der Waals surface area contributed by atoms with E-state index in [4.69, 9.17) is 4.98 Å². The second-order valence-electron chi connectivity index (χ2n) is 7.80. The summed E-state index contributed by atoms with van der Waals surface area (Å²) < 4.78 is 0. The second-order valence-corrected chi connectivity index (χ2v) is 7.80. The SMILES string of the molecule is CN1CCC(c2c[nH]c3ccc(NCc4ccc5ncccc5c4)nc23)CC1. The molecule has 5 rings (SSSR count). The van der Waals surface area contributed by atoms with Gasteiger partial charge in [0.05, 0.1) is 16.6 Å². The lowest BCUT2D eigenvalue weighted by atomic mass is 9.91. The van der Waals surface area contributed by atoms with Gasteiger partial charge < -0.3 is 15.2 Å². The van der Waals surface area contributed by atoms with Crippen LogP contribution >= 0.6 is 0 Å². The van der Waals surface area contributed by atoms with Gasteiger partial charge in [0.25, 0.3) is 0 Å². The first-order valence-electron chi connectivity index (χ1n) is 10.0. The normalized spacial score (nSPS) is 16.0. The number of aromatic amines is 1. The largest absolute Gasteiger partial charge is 0.366 e. The molecule has 4 aromatic rings. The van der Waals surface area contributed by atoms with Gasteiger partial charge in [-0.25, -0.2) is 4.98 Å². The monoisotopic (exact) mass is 371 g/mol. The number of piperidine rings is 1. The Morgan fingerprint density at radius 3 is 2.93 bits per heavy atom. The molecule has 0 atom stereocenters. The Hall–Kier alpha value is -2.92. The molecule has 0 bridgehead atoms. The Balaban J connectivity index is 1.36. The van der Waals surface area contributed by atoms with Gasteiger partial charge in [0.15, 0.2) is 0 Å². The fourth-order valence-electron chi connectivity index (χ4n) is 4.18. The number of H-pyrrole nitrogens is 1. The van der Waals surface area contributed by atoms with Crippen LogP contribution in [0.3, 0.4) is 0 Å². The van der Waals surface area contributed by atoms with Crippen LogP contribution < -0.4 is 5.32 Å². The first-order valence-corrected chi connectivity index (χ1v) is 10.0. The number of likely N-dealkylation sites (tertiary alicyclic amines) is 1. The van der Waals surface area contributed by atoms with Crippen molar-refractivity contribution in [2.75, 3.05) is 25.5 Å². The minimum atomic E-state index is 0.598. The Kier molecular flexibility index (Phi) is 4.45. The summed E-state index contributed by atoms with van der Waals surface area (Å²) in [5, 5.41) is 4.66. The lowest BCUT2D eigenvalue weighted by molar-refractivity contribution is 0.256. The molecule has 28 heavy (non-hydrogen) atoms. The molecular weight excluding hydrogens is 346 g/mol. The van der Waals surface area contributed by atoms with Crippen LogP contribution in [0.15, 0.2) is 54.9 Å². The first-order chi connectivity index (χ1) is 13.8. The van der Waals surface area contributed by atoms with Gasteiger partial charge in [-0.3, -0.25) is 4.98 Å². The van der Waals surface area contributed by atoms with E-state index < -0.39 is 0 Å². The number of hydrogen-bond donors (Lipinski definition) is 2. The summed E-state index contributed by atoms with van der Waals surface area (Å²) in [5.41, 5.74) is 5.86. The number of fused-ring (bicyclic) bond motifs is 2. The van der Waals surface area contributed by atoms with E-state index in [1.807, 2.05) is 12.3 Å². The molecule has 1 fully saturated rings. The van der Waals surface area contributed by atoms with Crippen LogP contribution in [-0.2, 0) is 6.54 Å². The minimum absolute atomic E-state index is 0.598. The molecule has 5 heteroatoms. The minimum Gasteiger partial charge on any atom is -0.366 e. The molecule has 1 aromatic carbocycles. The highest BCUT2D eigenvalue weighted by Crippen LogP contribution is 2.32. The van der Waals surface area contributed by atoms with E-state index in [1.54, 1.807) is 0 Å². The second kappa shape index (κ2) is 7.24. The van der Waals surface area contributed by atoms with Gasteiger partial charge in [0.1, 0.15) is 5.82 Å². The first kappa shape index (κ1) is 17.2. The Labute approximate surface area is 164 Å². The summed E-state index contributed by atoms with van der Waals surface area (Å²) in [5.74, 6) is 1.52. The van der Waals surface area contributed by atoms with Crippen LogP contribution in [0.2, 0.25) is 0 Å². The number of nitrogens with one attached hydrogen (secondary N) is 2. The van der Waals surface area contributed by atoms with Crippen molar-refractivity contribution in [3.05, 3.63) is 66.0 Å². The molecule has 0 aliphatic carbocycles. The molecule has 1 aliphatic heterocycles. The zero-order chi connectivity index (χ0) is 18.9. The fraction of sp³-hybridized carbons (Fsp3) is 0.304. The molecule has 0 amide bonds. The number of rotatable bonds is 4. The third-order valence-electron chi connectivity index (χ3n) is 5.85. The van der Waals surface area contributed by atoms with Gasteiger partial charge in [0.2, 0.25) is 0 Å². The maximum absolute atomic E-state index is 4.94. The number of nitrogens with zero attached hydrogens (tertiary/aromatic N) is 3. The number of hydrogen-bond acceptors (Lipinski definition) is 4. The van der Waals surface area contributed by atoms with E-state index in [0.29, 0.717) is 5.92 Å².